The van der Waals surface area contributed by atoms with E-state index in [0.717, 1.165) is 32.0 Å². The number of benzene rings is 5. The van der Waals surface area contributed by atoms with Crippen LogP contribution in [0.25, 0.3) is 17.3 Å². The van der Waals surface area contributed by atoms with Gasteiger partial charge in [0.05, 0.1) is 30.9 Å². The third-order valence-corrected chi connectivity index (χ3v) is 21.7. The van der Waals surface area contributed by atoms with E-state index < -0.39 is 28.8 Å². The topological polar surface area (TPSA) is 75.5 Å². The first-order chi connectivity index (χ1) is 29.6. The predicted molar refractivity (Wildman–Crippen MR) is 256 cm³/mol. The zero-order valence-electron chi connectivity index (χ0n) is 37.7. The van der Waals surface area contributed by atoms with Crippen molar-refractivity contribution in [2.24, 2.45) is 0 Å². The fraction of sp³-hybridized carbons (Fsp3) is 0.327. The van der Waals surface area contributed by atoms with Crippen LogP contribution in [-0.4, -0.2) is 56.4 Å². The first kappa shape index (κ1) is 46.2. The molecule has 0 spiro atoms. The van der Waals surface area contributed by atoms with E-state index in [1.54, 1.807) is 12.1 Å². The van der Waals surface area contributed by atoms with Gasteiger partial charge in [-0.3, -0.25) is 4.79 Å². The molecule has 0 saturated carbocycles. The zero-order chi connectivity index (χ0) is 44.5. The van der Waals surface area contributed by atoms with Crippen LogP contribution in [0.2, 0.25) is 10.1 Å². The molecule has 2 atom stereocenters. The summed E-state index contributed by atoms with van der Waals surface area (Å²) in [4.78, 5) is 13.8. The lowest BCUT2D eigenvalue weighted by Crippen LogP contribution is -2.69. The third kappa shape index (κ3) is 10.00. The monoisotopic (exact) mass is 867 g/mol. The van der Waals surface area contributed by atoms with Crippen LogP contribution in [0.5, 0.6) is 0 Å². The number of ether oxygens (including phenoxy) is 1. The number of esters is 1. The maximum atomic E-state index is 14.2. The van der Waals surface area contributed by atoms with Crippen LogP contribution in [-0.2, 0) is 18.4 Å². The highest BCUT2D eigenvalue weighted by Gasteiger charge is 2.54. The van der Waals surface area contributed by atoms with E-state index in [1.807, 2.05) is 41.9 Å². The van der Waals surface area contributed by atoms with Gasteiger partial charge in [0.25, 0.3) is 16.6 Å². The van der Waals surface area contributed by atoms with Crippen LogP contribution in [0.3, 0.4) is 0 Å². The Hall–Kier alpha value is -5.27. The van der Waals surface area contributed by atoms with E-state index in [1.165, 1.54) is 12.1 Å². The Balaban J connectivity index is 1.59. The summed E-state index contributed by atoms with van der Waals surface area (Å²) in [5, 5.41) is 13.0. The SMILES string of the molecule is CCOC(=O)CC(CC(C=Cc1c(-c2ccc(F)cc2)nnn1C(C)C)O[Si](c1ccccc1)(c1ccccc1)C(C)(C)C)O[Si](c1ccccc1)(c1ccccc1)C(C)(C)C. The molecule has 0 aliphatic heterocycles. The van der Waals surface area contributed by atoms with Gasteiger partial charge in [-0.2, -0.15) is 0 Å². The first-order valence-electron chi connectivity index (χ1n) is 21.7. The van der Waals surface area contributed by atoms with Gasteiger partial charge in [0.15, 0.2) is 0 Å². The summed E-state index contributed by atoms with van der Waals surface area (Å²) >= 11 is 0. The number of hydrogen-bond donors (Lipinski definition) is 0. The van der Waals surface area contributed by atoms with Crippen LogP contribution >= 0.6 is 0 Å². The highest BCUT2D eigenvalue weighted by Crippen LogP contribution is 2.41. The zero-order valence-corrected chi connectivity index (χ0v) is 39.7. The first-order valence-corrected chi connectivity index (χ1v) is 25.5. The average Bonchev–Trinajstić information content (AvgIpc) is 3.68. The molecular weight excluding hydrogens is 806 g/mol. The number of nitrogens with zero attached hydrogens (tertiary/aromatic N) is 3. The van der Waals surface area contributed by atoms with Crippen molar-refractivity contribution in [2.75, 3.05) is 6.61 Å². The lowest BCUT2D eigenvalue weighted by molar-refractivity contribution is -0.145. The van der Waals surface area contributed by atoms with Gasteiger partial charge in [-0.1, -0.05) is 174 Å². The number of halogens is 1. The van der Waals surface area contributed by atoms with Crippen molar-refractivity contribution >= 4 is 49.4 Å². The molecule has 2 unspecified atom stereocenters. The van der Waals surface area contributed by atoms with Crippen LogP contribution in [0.4, 0.5) is 4.39 Å². The summed E-state index contributed by atoms with van der Waals surface area (Å²) in [6.45, 7) is 19.7. The van der Waals surface area contributed by atoms with E-state index in [4.69, 9.17) is 13.6 Å². The van der Waals surface area contributed by atoms with Gasteiger partial charge in [-0.15, -0.1) is 5.10 Å². The molecule has 5 aromatic carbocycles. The number of rotatable bonds is 17. The minimum Gasteiger partial charge on any atom is -0.466 e. The van der Waals surface area contributed by atoms with Crippen molar-refractivity contribution < 1.29 is 22.8 Å². The second kappa shape index (κ2) is 19.8. The van der Waals surface area contributed by atoms with Gasteiger partial charge in [-0.05, 0) is 81.9 Å². The summed E-state index contributed by atoms with van der Waals surface area (Å²) in [6, 6.07) is 48.4. The maximum Gasteiger partial charge on any atom is 0.308 e. The Kier molecular flexibility index (Phi) is 14.8. The molecule has 0 saturated heterocycles. The summed E-state index contributed by atoms with van der Waals surface area (Å²) < 4.78 is 37.5. The smallest absolute Gasteiger partial charge is 0.308 e. The molecule has 1 heterocycles. The van der Waals surface area contributed by atoms with Crippen molar-refractivity contribution in [1.29, 1.82) is 0 Å². The van der Waals surface area contributed by atoms with E-state index in [9.17, 15) is 9.18 Å². The lowest BCUT2D eigenvalue weighted by atomic mass is 10.1. The van der Waals surface area contributed by atoms with Gasteiger partial charge in [0.1, 0.15) is 11.5 Å². The highest BCUT2D eigenvalue weighted by atomic mass is 28.4. The Morgan fingerprint density at radius 1 is 0.677 bits per heavy atom. The van der Waals surface area contributed by atoms with Crippen molar-refractivity contribution in [3.63, 3.8) is 0 Å². The second-order valence-corrected chi connectivity index (χ2v) is 26.7. The third-order valence-electron chi connectivity index (χ3n) is 11.5. The molecule has 62 heavy (non-hydrogen) atoms. The van der Waals surface area contributed by atoms with Gasteiger partial charge in [0, 0.05) is 18.0 Å². The van der Waals surface area contributed by atoms with Crippen molar-refractivity contribution in [3.8, 4) is 11.3 Å². The summed E-state index contributed by atoms with van der Waals surface area (Å²) in [5.41, 5.74) is 2.14. The quantitative estimate of drug-likeness (QED) is 0.0672. The molecule has 6 aromatic rings. The van der Waals surface area contributed by atoms with E-state index in [2.05, 4.69) is 169 Å². The van der Waals surface area contributed by atoms with Crippen LogP contribution < -0.4 is 20.7 Å². The summed E-state index contributed by atoms with van der Waals surface area (Å²) in [6.07, 6.45) is 3.27. The van der Waals surface area contributed by atoms with Crippen LogP contribution in [0.15, 0.2) is 152 Å². The van der Waals surface area contributed by atoms with Crippen LogP contribution in [0.1, 0.15) is 86.9 Å². The molecule has 7 nitrogen and oxygen atoms in total. The van der Waals surface area contributed by atoms with Gasteiger partial charge >= 0.3 is 5.97 Å². The molecule has 0 amide bonds. The normalized spacial score (nSPS) is 13.7. The number of hydrogen-bond acceptors (Lipinski definition) is 6. The standard InChI is InChI=1S/C52H62FN3O4Si2/c1-10-58-49(57)38-43(60-62(52(7,8)9,46-27-19-13-20-28-46)47-29-21-14-22-30-47)37-42(35-36-48-50(54-55-56(48)39(2)3)40-31-33-41(53)34-32-40)59-61(51(4,5)6,44-23-15-11-16-24-44)45-25-17-12-18-26-45/h11-36,39,42-43H,10,37-38H2,1-9H3. The Labute approximate surface area is 370 Å². The van der Waals surface area contributed by atoms with E-state index >= 15 is 0 Å². The summed E-state index contributed by atoms with van der Waals surface area (Å²) in [5.74, 6) is -0.654. The molecule has 0 bridgehead atoms. The average molecular weight is 868 g/mol. The van der Waals surface area contributed by atoms with Crippen molar-refractivity contribution in [2.45, 2.75) is 103 Å². The Bertz CT molecular complexity index is 2280. The highest BCUT2D eigenvalue weighted by molar-refractivity contribution is 7.00. The number of carbonyl (C=O) groups excluding carboxylic acids is 1. The Morgan fingerprint density at radius 3 is 1.52 bits per heavy atom. The fourth-order valence-electron chi connectivity index (χ4n) is 8.71. The molecule has 0 aliphatic rings. The van der Waals surface area contributed by atoms with E-state index in [0.29, 0.717) is 12.1 Å². The van der Waals surface area contributed by atoms with Gasteiger partial charge in [0.2, 0.25) is 0 Å². The number of aromatic nitrogens is 3. The molecule has 0 N–H and O–H groups in total. The van der Waals surface area contributed by atoms with E-state index in [-0.39, 0.29) is 40.9 Å². The summed E-state index contributed by atoms with van der Waals surface area (Å²) in [7, 11) is -6.37. The van der Waals surface area contributed by atoms with Crippen LogP contribution in [0, 0.1) is 5.82 Å². The van der Waals surface area contributed by atoms with Crippen molar-refractivity contribution in [1.82, 2.24) is 15.0 Å². The maximum absolute atomic E-state index is 14.2. The van der Waals surface area contributed by atoms with Gasteiger partial charge < -0.3 is 13.6 Å². The Morgan fingerprint density at radius 2 is 1.11 bits per heavy atom. The largest absolute Gasteiger partial charge is 0.466 e. The molecule has 0 radical (unpaired) electrons. The molecule has 1 aromatic heterocycles. The second-order valence-electron chi connectivity index (χ2n) is 18.2. The minimum atomic E-state index is -3.19. The number of carbonyl (C=O) groups is 1. The minimum absolute atomic E-state index is 0.0255. The molecule has 6 rings (SSSR count). The lowest BCUT2D eigenvalue weighted by Gasteiger charge is -2.47. The molecule has 0 aliphatic carbocycles. The van der Waals surface area contributed by atoms with Crippen molar-refractivity contribution in [3.05, 3.63) is 163 Å². The molecule has 0 fully saturated rings. The predicted octanol–water partition coefficient (Wildman–Crippen LogP) is 9.91. The molecule has 10 heteroatoms. The molecule has 324 valence electrons. The fourth-order valence-corrected chi connectivity index (χ4v) is 18.1. The van der Waals surface area contributed by atoms with Gasteiger partial charge in [-0.25, -0.2) is 9.07 Å². The molecular formula is C52H62FN3O4Si2.